The van der Waals surface area contributed by atoms with Gasteiger partial charge in [-0.05, 0) is 35.1 Å². The van der Waals surface area contributed by atoms with Gasteiger partial charge in [0.15, 0.2) is 0 Å². The molecule has 0 saturated heterocycles. The molecule has 1 aromatic rings. The van der Waals surface area contributed by atoms with Gasteiger partial charge in [-0.25, -0.2) is 8.78 Å². The average Bonchev–Trinajstić information content (AvgIpc) is 2.19. The molecule has 84 valence electrons. The predicted molar refractivity (Wildman–Crippen MR) is 59.4 cm³/mol. The molecule has 0 saturated carbocycles. The zero-order valence-electron chi connectivity index (χ0n) is 8.43. The van der Waals surface area contributed by atoms with Crippen molar-refractivity contribution in [2.45, 2.75) is 6.54 Å². The summed E-state index contributed by atoms with van der Waals surface area (Å²) in [6.45, 7) is 1.29. The van der Waals surface area contributed by atoms with Gasteiger partial charge < -0.3 is 10.6 Å². The van der Waals surface area contributed by atoms with E-state index in [9.17, 15) is 8.78 Å². The smallest absolute Gasteiger partial charge is 0.144 e. The van der Waals surface area contributed by atoms with Gasteiger partial charge in [0.25, 0.3) is 0 Å². The van der Waals surface area contributed by atoms with Gasteiger partial charge in [-0.3, -0.25) is 0 Å². The highest BCUT2D eigenvalue weighted by Gasteiger charge is 2.13. The molecule has 5 heteroatoms. The van der Waals surface area contributed by atoms with Crippen LogP contribution in [0, 0.1) is 11.6 Å². The zero-order valence-corrected chi connectivity index (χ0v) is 10.0. The van der Waals surface area contributed by atoms with Crippen molar-refractivity contribution in [2.24, 2.45) is 5.73 Å². The van der Waals surface area contributed by atoms with Crippen LogP contribution in [0.3, 0.4) is 0 Å². The molecule has 1 aromatic carbocycles. The van der Waals surface area contributed by atoms with Gasteiger partial charge in [0.1, 0.15) is 11.6 Å². The Bertz CT molecular complexity index is 344. The van der Waals surface area contributed by atoms with E-state index in [0.717, 1.165) is 0 Å². The molecule has 2 nitrogen and oxygen atoms in total. The fraction of sp³-hybridized carbons (Fsp3) is 0.400. The highest BCUT2D eigenvalue weighted by molar-refractivity contribution is 9.10. The normalized spacial score (nSPS) is 11.1. The third-order valence-corrected chi connectivity index (χ3v) is 2.69. The Balaban J connectivity index is 2.88. The minimum Gasteiger partial charge on any atom is -0.329 e. The van der Waals surface area contributed by atoms with Crippen molar-refractivity contribution in [1.29, 1.82) is 0 Å². The predicted octanol–water partition coefficient (Wildman–Crippen LogP) is 2.12. The summed E-state index contributed by atoms with van der Waals surface area (Å²) < 4.78 is 27.1. The molecule has 2 N–H and O–H groups in total. The number of nitrogens with two attached hydrogens (primary N) is 1. The lowest BCUT2D eigenvalue weighted by atomic mass is 10.2. The number of hydrogen-bond acceptors (Lipinski definition) is 2. The summed E-state index contributed by atoms with van der Waals surface area (Å²) in [7, 11) is 1.77. The number of benzene rings is 1. The van der Waals surface area contributed by atoms with Gasteiger partial charge >= 0.3 is 0 Å². The van der Waals surface area contributed by atoms with Crippen LogP contribution in [0.5, 0.6) is 0 Å². The van der Waals surface area contributed by atoms with Crippen LogP contribution in [-0.2, 0) is 6.54 Å². The Hall–Kier alpha value is -0.520. The molecule has 0 aliphatic carbocycles. The fourth-order valence-corrected chi connectivity index (χ4v) is 1.65. The number of nitrogens with zero attached hydrogens (tertiary/aromatic N) is 1. The standard InChI is InChI=1S/C10H13BrF2N2/c1-15(5-4-14)6-7-9(12)3-2-8(11)10(7)13/h2-3H,4-6,14H2,1H3. The van der Waals surface area contributed by atoms with E-state index in [2.05, 4.69) is 15.9 Å². The largest absolute Gasteiger partial charge is 0.329 e. The minimum atomic E-state index is -0.543. The molecule has 0 aliphatic heterocycles. The lowest BCUT2D eigenvalue weighted by Crippen LogP contribution is -2.26. The summed E-state index contributed by atoms with van der Waals surface area (Å²) in [5.74, 6) is -1.07. The molecule has 15 heavy (non-hydrogen) atoms. The third-order valence-electron chi connectivity index (χ3n) is 2.08. The topological polar surface area (TPSA) is 29.3 Å². The van der Waals surface area contributed by atoms with E-state index in [0.29, 0.717) is 13.1 Å². The molecule has 0 amide bonds. The van der Waals surface area contributed by atoms with Crippen molar-refractivity contribution in [2.75, 3.05) is 20.1 Å². The maximum Gasteiger partial charge on any atom is 0.144 e. The molecule has 0 atom stereocenters. The van der Waals surface area contributed by atoms with E-state index in [-0.39, 0.29) is 16.6 Å². The summed E-state index contributed by atoms with van der Waals surface area (Å²) in [5, 5.41) is 0. The highest BCUT2D eigenvalue weighted by atomic mass is 79.9. The van der Waals surface area contributed by atoms with Gasteiger partial charge in [-0.2, -0.15) is 0 Å². The molecule has 0 fully saturated rings. The molecule has 0 bridgehead atoms. The lowest BCUT2D eigenvalue weighted by Gasteiger charge is -2.16. The van der Waals surface area contributed by atoms with Gasteiger partial charge in [0.2, 0.25) is 0 Å². The second-order valence-corrected chi connectivity index (χ2v) is 4.20. The van der Waals surface area contributed by atoms with Gasteiger partial charge in [-0.1, -0.05) is 0 Å². The van der Waals surface area contributed by atoms with E-state index in [1.807, 2.05) is 0 Å². The molecule has 0 heterocycles. The number of likely N-dealkylation sites (N-methyl/N-ethyl adjacent to an activating group) is 1. The van der Waals surface area contributed by atoms with Crippen molar-refractivity contribution in [3.63, 3.8) is 0 Å². The van der Waals surface area contributed by atoms with E-state index in [4.69, 9.17) is 5.73 Å². The molecule has 0 radical (unpaired) electrons. The van der Waals surface area contributed by atoms with Crippen molar-refractivity contribution < 1.29 is 8.78 Å². The lowest BCUT2D eigenvalue weighted by molar-refractivity contribution is 0.323. The third kappa shape index (κ3) is 3.22. The second-order valence-electron chi connectivity index (χ2n) is 3.35. The van der Waals surface area contributed by atoms with E-state index < -0.39 is 11.6 Å². The van der Waals surface area contributed by atoms with E-state index >= 15 is 0 Å². The first-order valence-electron chi connectivity index (χ1n) is 4.57. The van der Waals surface area contributed by atoms with Crippen LogP contribution >= 0.6 is 15.9 Å². The molecule has 0 aromatic heterocycles. The molecule has 1 rings (SSSR count). The monoisotopic (exact) mass is 278 g/mol. The Kier molecular flexibility index (Phi) is 4.63. The van der Waals surface area contributed by atoms with Gasteiger partial charge in [-0.15, -0.1) is 0 Å². The second kappa shape index (κ2) is 5.53. The van der Waals surface area contributed by atoms with E-state index in [1.165, 1.54) is 12.1 Å². The van der Waals surface area contributed by atoms with Crippen LogP contribution in [-0.4, -0.2) is 25.0 Å². The highest BCUT2D eigenvalue weighted by Crippen LogP contribution is 2.22. The van der Waals surface area contributed by atoms with Crippen LogP contribution in [0.4, 0.5) is 8.78 Å². The van der Waals surface area contributed by atoms with Crippen LogP contribution in [0.15, 0.2) is 16.6 Å². The molecule has 0 unspecified atom stereocenters. The maximum absolute atomic E-state index is 13.5. The first kappa shape index (κ1) is 12.5. The first-order valence-corrected chi connectivity index (χ1v) is 5.36. The fourth-order valence-electron chi connectivity index (χ4n) is 1.28. The first-order chi connectivity index (χ1) is 7.06. The quantitative estimate of drug-likeness (QED) is 0.855. The number of rotatable bonds is 4. The van der Waals surface area contributed by atoms with Crippen molar-refractivity contribution >= 4 is 15.9 Å². The van der Waals surface area contributed by atoms with Crippen molar-refractivity contribution in [3.05, 3.63) is 33.8 Å². The van der Waals surface area contributed by atoms with Crippen LogP contribution in [0.25, 0.3) is 0 Å². The molecular formula is C10H13BrF2N2. The summed E-state index contributed by atoms with van der Waals surface area (Å²) >= 11 is 3.02. The summed E-state index contributed by atoms with van der Waals surface area (Å²) in [4.78, 5) is 1.77. The molecule has 0 spiro atoms. The molecular weight excluding hydrogens is 266 g/mol. The van der Waals surface area contributed by atoms with E-state index in [1.54, 1.807) is 11.9 Å². The average molecular weight is 279 g/mol. The summed E-state index contributed by atoms with van der Waals surface area (Å²) in [5.41, 5.74) is 5.42. The number of hydrogen-bond donors (Lipinski definition) is 1. The van der Waals surface area contributed by atoms with Crippen LogP contribution in [0.1, 0.15) is 5.56 Å². The Labute approximate surface area is 96.2 Å². The molecule has 0 aliphatic rings. The Morgan fingerprint density at radius 1 is 1.40 bits per heavy atom. The van der Waals surface area contributed by atoms with Crippen LogP contribution in [0.2, 0.25) is 0 Å². The van der Waals surface area contributed by atoms with Crippen molar-refractivity contribution in [1.82, 2.24) is 4.90 Å². The van der Waals surface area contributed by atoms with Gasteiger partial charge in [0.05, 0.1) is 4.47 Å². The summed E-state index contributed by atoms with van der Waals surface area (Å²) in [6, 6.07) is 2.61. The van der Waals surface area contributed by atoms with Crippen molar-refractivity contribution in [3.8, 4) is 0 Å². The van der Waals surface area contributed by atoms with Crippen LogP contribution < -0.4 is 5.73 Å². The maximum atomic E-state index is 13.5. The number of halogens is 3. The minimum absolute atomic E-state index is 0.0697. The summed E-state index contributed by atoms with van der Waals surface area (Å²) in [6.07, 6.45) is 0. The Morgan fingerprint density at radius 3 is 2.67 bits per heavy atom. The SMILES string of the molecule is CN(CCN)Cc1c(F)ccc(Br)c1F. The Morgan fingerprint density at radius 2 is 2.07 bits per heavy atom. The van der Waals surface area contributed by atoms with Gasteiger partial charge in [0, 0.05) is 25.2 Å². The zero-order chi connectivity index (χ0) is 11.4.